The van der Waals surface area contributed by atoms with Gasteiger partial charge in [0.1, 0.15) is 4.88 Å². The Morgan fingerprint density at radius 3 is 3.05 bits per heavy atom. The first-order chi connectivity index (χ1) is 9.68. The van der Waals surface area contributed by atoms with E-state index in [1.807, 2.05) is 41.8 Å². The lowest BCUT2D eigenvalue weighted by Gasteiger charge is -2.35. The van der Waals surface area contributed by atoms with Crippen LogP contribution in [0.25, 0.3) is 0 Å². The summed E-state index contributed by atoms with van der Waals surface area (Å²) in [4.78, 5) is 19.5. The van der Waals surface area contributed by atoms with Crippen molar-refractivity contribution >= 4 is 17.2 Å². The summed E-state index contributed by atoms with van der Waals surface area (Å²) in [6, 6.07) is 4.00. The summed E-state index contributed by atoms with van der Waals surface area (Å²) in [6.45, 7) is 3.62. The van der Waals surface area contributed by atoms with Gasteiger partial charge < -0.3 is 14.2 Å². The van der Waals surface area contributed by atoms with Crippen molar-refractivity contribution in [1.29, 1.82) is 0 Å². The predicted molar refractivity (Wildman–Crippen MR) is 76.9 cm³/mol. The van der Waals surface area contributed by atoms with Crippen LogP contribution in [-0.4, -0.2) is 40.1 Å². The van der Waals surface area contributed by atoms with Crippen LogP contribution >= 0.6 is 11.3 Å². The molecule has 0 spiro atoms. The predicted octanol–water partition coefficient (Wildman–Crippen LogP) is 2.00. The second-order valence-corrected chi connectivity index (χ2v) is 5.75. The normalized spacial score (nSPS) is 19.3. The first-order valence-corrected chi connectivity index (χ1v) is 7.46. The number of aromatic nitrogens is 2. The molecule has 106 valence electrons. The Labute approximate surface area is 121 Å². The third kappa shape index (κ3) is 2.25. The molecule has 6 heteroatoms. The van der Waals surface area contributed by atoms with Crippen molar-refractivity contribution in [2.75, 3.05) is 19.8 Å². The second-order valence-electron chi connectivity index (χ2n) is 4.90. The minimum absolute atomic E-state index is 0.0299. The zero-order valence-corrected chi connectivity index (χ0v) is 12.4. The molecule has 1 amide bonds. The molecule has 1 unspecified atom stereocenters. The summed E-state index contributed by atoms with van der Waals surface area (Å²) in [5, 5.41) is 0. The van der Waals surface area contributed by atoms with E-state index in [0.29, 0.717) is 19.8 Å². The largest absolute Gasteiger partial charge is 0.377 e. The van der Waals surface area contributed by atoms with E-state index in [0.717, 1.165) is 16.3 Å². The highest BCUT2D eigenvalue weighted by molar-refractivity contribution is 7.11. The third-order valence-corrected chi connectivity index (χ3v) is 4.57. The van der Waals surface area contributed by atoms with Gasteiger partial charge >= 0.3 is 0 Å². The zero-order valence-electron chi connectivity index (χ0n) is 11.6. The Morgan fingerprint density at radius 1 is 1.55 bits per heavy atom. The van der Waals surface area contributed by atoms with Crippen molar-refractivity contribution in [3.8, 4) is 0 Å². The minimum Gasteiger partial charge on any atom is -0.377 e. The van der Waals surface area contributed by atoms with Crippen LogP contribution in [0.1, 0.15) is 27.1 Å². The molecule has 0 bridgehead atoms. The average molecular weight is 291 g/mol. The van der Waals surface area contributed by atoms with E-state index >= 15 is 0 Å². The molecule has 1 atom stereocenters. The molecule has 0 saturated carbocycles. The van der Waals surface area contributed by atoms with Gasteiger partial charge in [0.2, 0.25) is 0 Å². The summed E-state index contributed by atoms with van der Waals surface area (Å²) in [5.74, 6) is 0.0551. The van der Waals surface area contributed by atoms with Crippen LogP contribution in [0.2, 0.25) is 0 Å². The Balaban J connectivity index is 1.92. The fourth-order valence-corrected chi connectivity index (χ4v) is 3.31. The first kappa shape index (κ1) is 13.3. The standard InChI is InChI=1S/C14H17N3O2S/c1-10-13(20-9-15-10)14(18)17-6-7-19-8-12(17)11-4-3-5-16(11)2/h3-5,9,12H,6-8H2,1-2H3. The molecular formula is C14H17N3O2S. The van der Waals surface area contributed by atoms with Crippen LogP contribution in [0.3, 0.4) is 0 Å². The number of rotatable bonds is 2. The number of hydrogen-bond acceptors (Lipinski definition) is 4. The van der Waals surface area contributed by atoms with E-state index < -0.39 is 0 Å². The molecule has 1 fully saturated rings. The van der Waals surface area contributed by atoms with Crippen LogP contribution in [0.15, 0.2) is 23.8 Å². The van der Waals surface area contributed by atoms with Crippen LogP contribution in [0, 0.1) is 6.92 Å². The molecule has 20 heavy (non-hydrogen) atoms. The summed E-state index contributed by atoms with van der Waals surface area (Å²) in [6.07, 6.45) is 1.99. The molecular weight excluding hydrogens is 274 g/mol. The van der Waals surface area contributed by atoms with Gasteiger partial charge in [-0.25, -0.2) is 4.98 Å². The molecule has 1 aliphatic rings. The smallest absolute Gasteiger partial charge is 0.266 e. The maximum atomic E-state index is 12.7. The SMILES string of the molecule is Cc1ncsc1C(=O)N1CCOCC1c1cccn1C. The maximum Gasteiger partial charge on any atom is 0.266 e. The van der Waals surface area contributed by atoms with Crippen molar-refractivity contribution in [3.63, 3.8) is 0 Å². The van der Waals surface area contributed by atoms with E-state index in [-0.39, 0.29) is 11.9 Å². The van der Waals surface area contributed by atoms with Gasteiger partial charge in [0, 0.05) is 25.5 Å². The van der Waals surface area contributed by atoms with Crippen molar-refractivity contribution in [3.05, 3.63) is 40.1 Å². The summed E-state index contributed by atoms with van der Waals surface area (Å²) in [7, 11) is 1.99. The third-order valence-electron chi connectivity index (χ3n) is 3.65. The summed E-state index contributed by atoms with van der Waals surface area (Å²) in [5.41, 5.74) is 3.62. The van der Waals surface area contributed by atoms with Gasteiger partial charge in [-0.2, -0.15) is 0 Å². The Morgan fingerprint density at radius 2 is 2.40 bits per heavy atom. The molecule has 1 aliphatic heterocycles. The van der Waals surface area contributed by atoms with Gasteiger partial charge in [0.25, 0.3) is 5.91 Å². The second kappa shape index (κ2) is 5.38. The molecule has 0 aliphatic carbocycles. The molecule has 0 aromatic carbocycles. The number of thiazole rings is 1. The number of amides is 1. The highest BCUT2D eigenvalue weighted by Crippen LogP contribution is 2.27. The molecule has 1 saturated heterocycles. The van der Waals surface area contributed by atoms with Crippen molar-refractivity contribution in [2.45, 2.75) is 13.0 Å². The van der Waals surface area contributed by atoms with E-state index in [2.05, 4.69) is 4.98 Å². The van der Waals surface area contributed by atoms with E-state index in [1.54, 1.807) is 5.51 Å². The highest BCUT2D eigenvalue weighted by atomic mass is 32.1. The topological polar surface area (TPSA) is 47.4 Å². The first-order valence-electron chi connectivity index (χ1n) is 6.58. The monoisotopic (exact) mass is 291 g/mol. The fourth-order valence-electron chi connectivity index (χ4n) is 2.55. The molecule has 5 nitrogen and oxygen atoms in total. The number of carbonyl (C=O) groups excluding carboxylic acids is 1. The lowest BCUT2D eigenvalue weighted by molar-refractivity contribution is -0.00442. The lowest BCUT2D eigenvalue weighted by atomic mass is 10.1. The summed E-state index contributed by atoms with van der Waals surface area (Å²) < 4.78 is 7.61. The fraction of sp³-hybridized carbons (Fsp3) is 0.429. The van der Waals surface area contributed by atoms with Gasteiger partial charge in [-0.05, 0) is 19.1 Å². The van der Waals surface area contributed by atoms with Crippen LogP contribution < -0.4 is 0 Å². The van der Waals surface area contributed by atoms with E-state index in [4.69, 9.17) is 4.74 Å². The number of hydrogen-bond donors (Lipinski definition) is 0. The van der Waals surface area contributed by atoms with Gasteiger partial charge in [0.15, 0.2) is 0 Å². The number of carbonyl (C=O) groups is 1. The number of morpholine rings is 1. The molecule has 2 aromatic rings. The van der Waals surface area contributed by atoms with Crippen LogP contribution in [0.5, 0.6) is 0 Å². The summed E-state index contributed by atoms with van der Waals surface area (Å²) >= 11 is 1.40. The van der Waals surface area contributed by atoms with Gasteiger partial charge in [-0.1, -0.05) is 0 Å². The van der Waals surface area contributed by atoms with Gasteiger partial charge in [0.05, 0.1) is 30.5 Å². The quantitative estimate of drug-likeness (QED) is 0.850. The minimum atomic E-state index is -0.0299. The van der Waals surface area contributed by atoms with Crippen LogP contribution in [-0.2, 0) is 11.8 Å². The molecule has 2 aromatic heterocycles. The van der Waals surface area contributed by atoms with Crippen molar-refractivity contribution in [1.82, 2.24) is 14.5 Å². The molecule has 0 radical (unpaired) electrons. The Hall–Kier alpha value is -1.66. The Bertz CT molecular complexity index is 619. The lowest BCUT2D eigenvalue weighted by Crippen LogP contribution is -2.44. The van der Waals surface area contributed by atoms with Gasteiger partial charge in [-0.15, -0.1) is 11.3 Å². The number of aryl methyl sites for hydroxylation is 2. The highest BCUT2D eigenvalue weighted by Gasteiger charge is 2.32. The molecule has 0 N–H and O–H groups in total. The number of ether oxygens (including phenoxy) is 1. The van der Waals surface area contributed by atoms with Crippen molar-refractivity contribution in [2.24, 2.45) is 7.05 Å². The maximum absolute atomic E-state index is 12.7. The zero-order chi connectivity index (χ0) is 14.1. The van der Waals surface area contributed by atoms with E-state index in [9.17, 15) is 4.79 Å². The Kier molecular flexibility index (Phi) is 3.58. The number of nitrogens with zero attached hydrogens (tertiary/aromatic N) is 3. The van der Waals surface area contributed by atoms with E-state index in [1.165, 1.54) is 11.3 Å². The van der Waals surface area contributed by atoms with Gasteiger partial charge in [-0.3, -0.25) is 4.79 Å². The van der Waals surface area contributed by atoms with Crippen LogP contribution in [0.4, 0.5) is 0 Å². The molecule has 3 rings (SSSR count). The average Bonchev–Trinajstić information content (AvgIpc) is 3.06. The van der Waals surface area contributed by atoms with Crippen molar-refractivity contribution < 1.29 is 9.53 Å². The molecule has 3 heterocycles.